The fourth-order valence-corrected chi connectivity index (χ4v) is 2.95. The maximum Gasteiger partial charge on any atom is 0.249 e. The molecule has 146 valence electrons. The third-order valence-corrected chi connectivity index (χ3v) is 4.46. The van der Waals surface area contributed by atoms with E-state index in [1.54, 1.807) is 13.3 Å². The van der Waals surface area contributed by atoms with Gasteiger partial charge in [0.15, 0.2) is 5.82 Å². The van der Waals surface area contributed by atoms with Crippen LogP contribution >= 0.6 is 0 Å². The molecule has 3 rings (SSSR count). The molecule has 0 saturated heterocycles. The van der Waals surface area contributed by atoms with E-state index in [9.17, 15) is 0 Å². The minimum Gasteiger partial charge on any atom is -0.496 e. The SMILES string of the molecule is CCN(CC)c1ccc(Nc2nncc(NCc3ccccc3OC)n2)cc1. The van der Waals surface area contributed by atoms with Crippen molar-refractivity contribution in [1.29, 1.82) is 0 Å². The fraction of sp³-hybridized carbons (Fsp3) is 0.286. The number of aromatic nitrogens is 3. The zero-order valence-electron chi connectivity index (χ0n) is 16.5. The summed E-state index contributed by atoms with van der Waals surface area (Å²) in [7, 11) is 1.67. The largest absolute Gasteiger partial charge is 0.496 e. The molecule has 2 aromatic carbocycles. The Morgan fingerprint density at radius 1 is 1.00 bits per heavy atom. The molecule has 0 amide bonds. The van der Waals surface area contributed by atoms with Crippen molar-refractivity contribution in [3.8, 4) is 5.75 Å². The number of hydrogen-bond acceptors (Lipinski definition) is 7. The monoisotopic (exact) mass is 378 g/mol. The molecule has 1 aromatic heterocycles. The number of methoxy groups -OCH3 is 1. The third kappa shape index (κ3) is 4.88. The fourth-order valence-electron chi connectivity index (χ4n) is 2.95. The van der Waals surface area contributed by atoms with Gasteiger partial charge < -0.3 is 20.3 Å². The van der Waals surface area contributed by atoms with Crippen LogP contribution in [-0.4, -0.2) is 35.4 Å². The minimum absolute atomic E-state index is 0.445. The highest BCUT2D eigenvalue weighted by atomic mass is 16.5. The van der Waals surface area contributed by atoms with Crippen molar-refractivity contribution in [2.45, 2.75) is 20.4 Å². The number of hydrogen-bond donors (Lipinski definition) is 2. The first-order chi connectivity index (χ1) is 13.7. The van der Waals surface area contributed by atoms with Crippen LogP contribution in [0, 0.1) is 0 Å². The molecule has 7 heteroatoms. The molecule has 28 heavy (non-hydrogen) atoms. The van der Waals surface area contributed by atoms with Crippen molar-refractivity contribution >= 4 is 23.1 Å². The Balaban J connectivity index is 1.65. The molecule has 0 aliphatic carbocycles. The van der Waals surface area contributed by atoms with Crippen LogP contribution < -0.4 is 20.3 Å². The Morgan fingerprint density at radius 3 is 2.46 bits per heavy atom. The van der Waals surface area contributed by atoms with E-state index in [0.29, 0.717) is 18.3 Å². The molecule has 0 bridgehead atoms. The van der Waals surface area contributed by atoms with E-state index in [0.717, 1.165) is 30.1 Å². The van der Waals surface area contributed by atoms with Crippen molar-refractivity contribution in [2.24, 2.45) is 0 Å². The molecule has 2 N–H and O–H groups in total. The maximum atomic E-state index is 5.37. The minimum atomic E-state index is 0.445. The molecule has 0 spiro atoms. The predicted octanol–water partition coefficient (Wildman–Crippen LogP) is 4.08. The summed E-state index contributed by atoms with van der Waals surface area (Å²) in [6, 6.07) is 16.1. The van der Waals surface area contributed by atoms with Gasteiger partial charge in [-0.05, 0) is 44.2 Å². The number of anilines is 4. The van der Waals surface area contributed by atoms with E-state index < -0.39 is 0 Å². The van der Waals surface area contributed by atoms with Gasteiger partial charge in [0.05, 0.1) is 13.3 Å². The summed E-state index contributed by atoms with van der Waals surface area (Å²) in [5.41, 5.74) is 3.16. The van der Waals surface area contributed by atoms with Gasteiger partial charge in [0, 0.05) is 36.6 Å². The van der Waals surface area contributed by atoms with Gasteiger partial charge in [0.2, 0.25) is 5.95 Å². The van der Waals surface area contributed by atoms with E-state index in [2.05, 4.69) is 56.7 Å². The molecule has 0 saturated carbocycles. The van der Waals surface area contributed by atoms with Gasteiger partial charge in [-0.15, -0.1) is 5.10 Å². The first-order valence-electron chi connectivity index (χ1n) is 9.41. The predicted molar refractivity (Wildman–Crippen MR) is 113 cm³/mol. The average Bonchev–Trinajstić information content (AvgIpc) is 2.75. The van der Waals surface area contributed by atoms with Crippen LogP contribution in [0.5, 0.6) is 5.75 Å². The number of ether oxygens (including phenoxy) is 1. The van der Waals surface area contributed by atoms with Crippen LogP contribution in [-0.2, 0) is 6.54 Å². The summed E-state index contributed by atoms with van der Waals surface area (Å²) in [5, 5.41) is 14.6. The molecule has 0 radical (unpaired) electrons. The topological polar surface area (TPSA) is 75.2 Å². The molecule has 0 unspecified atom stereocenters. The Morgan fingerprint density at radius 2 is 1.75 bits per heavy atom. The molecular weight excluding hydrogens is 352 g/mol. The smallest absolute Gasteiger partial charge is 0.249 e. The van der Waals surface area contributed by atoms with E-state index in [1.807, 2.05) is 36.4 Å². The van der Waals surface area contributed by atoms with E-state index >= 15 is 0 Å². The lowest BCUT2D eigenvalue weighted by molar-refractivity contribution is 0.410. The first-order valence-corrected chi connectivity index (χ1v) is 9.41. The Hall–Kier alpha value is -3.35. The van der Waals surface area contributed by atoms with Crippen LogP contribution in [0.2, 0.25) is 0 Å². The number of nitrogens with zero attached hydrogens (tertiary/aromatic N) is 4. The zero-order chi connectivity index (χ0) is 19.8. The van der Waals surface area contributed by atoms with Crippen LogP contribution in [0.15, 0.2) is 54.7 Å². The number of benzene rings is 2. The van der Waals surface area contributed by atoms with Crippen LogP contribution in [0.3, 0.4) is 0 Å². The van der Waals surface area contributed by atoms with Crippen molar-refractivity contribution in [1.82, 2.24) is 15.2 Å². The molecule has 0 aliphatic heterocycles. The Labute approximate surface area is 165 Å². The summed E-state index contributed by atoms with van der Waals surface area (Å²) in [5.74, 6) is 1.92. The van der Waals surface area contributed by atoms with Gasteiger partial charge in [0.1, 0.15) is 5.75 Å². The highest BCUT2D eigenvalue weighted by Gasteiger charge is 2.06. The summed E-state index contributed by atoms with van der Waals surface area (Å²) in [6.45, 7) is 6.85. The van der Waals surface area contributed by atoms with Crippen LogP contribution in [0.25, 0.3) is 0 Å². The van der Waals surface area contributed by atoms with Gasteiger partial charge >= 0.3 is 0 Å². The zero-order valence-corrected chi connectivity index (χ0v) is 16.5. The second kappa shape index (κ2) is 9.55. The first kappa shape index (κ1) is 19.4. The van der Waals surface area contributed by atoms with Gasteiger partial charge in [0.25, 0.3) is 0 Å². The van der Waals surface area contributed by atoms with E-state index in [1.165, 1.54) is 5.69 Å². The van der Waals surface area contributed by atoms with Crippen molar-refractivity contribution in [3.63, 3.8) is 0 Å². The summed E-state index contributed by atoms with van der Waals surface area (Å²) in [4.78, 5) is 6.78. The Kier molecular flexibility index (Phi) is 6.62. The van der Waals surface area contributed by atoms with E-state index in [-0.39, 0.29) is 0 Å². The molecule has 0 atom stereocenters. The summed E-state index contributed by atoms with van der Waals surface area (Å²) in [6.07, 6.45) is 1.60. The normalized spacial score (nSPS) is 10.4. The molecule has 1 heterocycles. The van der Waals surface area contributed by atoms with Crippen molar-refractivity contribution in [2.75, 3.05) is 35.7 Å². The second-order valence-electron chi connectivity index (χ2n) is 6.17. The molecule has 3 aromatic rings. The van der Waals surface area contributed by atoms with Crippen LogP contribution in [0.1, 0.15) is 19.4 Å². The lowest BCUT2D eigenvalue weighted by Gasteiger charge is -2.21. The molecule has 7 nitrogen and oxygen atoms in total. The standard InChI is InChI=1S/C21H26N6O/c1-4-27(5-2)18-12-10-17(11-13-18)24-21-25-20(15-23-26-21)22-14-16-8-6-7-9-19(16)28-3/h6-13,15H,4-5,14H2,1-3H3,(H2,22,24,25,26). The van der Waals surface area contributed by atoms with Crippen LogP contribution in [0.4, 0.5) is 23.1 Å². The average molecular weight is 378 g/mol. The van der Waals surface area contributed by atoms with Gasteiger partial charge in [-0.3, -0.25) is 0 Å². The van der Waals surface area contributed by atoms with Gasteiger partial charge in [-0.25, -0.2) is 0 Å². The number of nitrogens with one attached hydrogen (secondary N) is 2. The quantitative estimate of drug-likeness (QED) is 0.581. The summed E-state index contributed by atoms with van der Waals surface area (Å²) >= 11 is 0. The van der Waals surface area contributed by atoms with Gasteiger partial charge in [-0.2, -0.15) is 10.1 Å². The van der Waals surface area contributed by atoms with Crippen molar-refractivity contribution in [3.05, 3.63) is 60.3 Å². The van der Waals surface area contributed by atoms with Crippen molar-refractivity contribution < 1.29 is 4.74 Å². The van der Waals surface area contributed by atoms with E-state index in [4.69, 9.17) is 4.74 Å². The highest BCUT2D eigenvalue weighted by Crippen LogP contribution is 2.21. The molecular formula is C21H26N6O. The lowest BCUT2D eigenvalue weighted by Crippen LogP contribution is -2.21. The third-order valence-electron chi connectivity index (χ3n) is 4.46. The number of para-hydroxylation sites is 1. The Bertz CT molecular complexity index is 880. The summed E-state index contributed by atoms with van der Waals surface area (Å²) < 4.78 is 5.37. The number of rotatable bonds is 9. The highest BCUT2D eigenvalue weighted by molar-refractivity contribution is 5.59. The van der Waals surface area contributed by atoms with Gasteiger partial charge in [-0.1, -0.05) is 18.2 Å². The molecule has 0 fully saturated rings. The molecule has 0 aliphatic rings. The lowest BCUT2D eigenvalue weighted by atomic mass is 10.2. The maximum absolute atomic E-state index is 5.37. The second-order valence-corrected chi connectivity index (χ2v) is 6.17.